The third kappa shape index (κ3) is 3.78. The van der Waals surface area contributed by atoms with Crippen LogP contribution < -0.4 is 5.32 Å². The summed E-state index contributed by atoms with van der Waals surface area (Å²) in [4.78, 5) is 6.09. The first kappa shape index (κ1) is 19.1. The second-order valence-corrected chi connectivity index (χ2v) is 8.80. The molecule has 2 N–H and O–H groups in total. The molecule has 5 heteroatoms. The van der Waals surface area contributed by atoms with Crippen molar-refractivity contribution in [3.8, 4) is 27.4 Å². The smallest absolute Gasteiger partial charge is 0.127 e. The van der Waals surface area contributed by atoms with Gasteiger partial charge in [0.25, 0.3) is 0 Å². The van der Waals surface area contributed by atoms with Crippen LogP contribution in [0.5, 0.6) is 5.75 Å². The Labute approximate surface area is 180 Å². The highest BCUT2D eigenvalue weighted by Crippen LogP contribution is 2.40. The lowest BCUT2D eigenvalue weighted by Crippen LogP contribution is -2.19. The number of phenolic OH excluding ortho intramolecular Hbond substituents is 1. The number of aromatic hydroxyl groups is 1. The summed E-state index contributed by atoms with van der Waals surface area (Å²) in [5, 5.41) is 14.7. The molecule has 152 valence electrons. The van der Waals surface area contributed by atoms with Crippen molar-refractivity contribution in [1.82, 2.24) is 4.98 Å². The predicted molar refractivity (Wildman–Crippen MR) is 124 cm³/mol. The monoisotopic (exact) mass is 416 g/mol. The van der Waals surface area contributed by atoms with Crippen LogP contribution in [0.2, 0.25) is 0 Å². The molecule has 0 bridgehead atoms. The number of nitrogens with zero attached hydrogens (tertiary/aromatic N) is 1. The number of phenols is 1. The number of rotatable bonds is 5. The van der Waals surface area contributed by atoms with Crippen LogP contribution in [0.3, 0.4) is 0 Å². The Kier molecular flexibility index (Phi) is 5.15. The maximum Gasteiger partial charge on any atom is 0.127 e. The summed E-state index contributed by atoms with van der Waals surface area (Å²) in [6.45, 7) is 3.78. The highest BCUT2D eigenvalue weighted by Gasteiger charge is 2.17. The van der Waals surface area contributed by atoms with Gasteiger partial charge in [-0.3, -0.25) is 0 Å². The number of aromatic nitrogens is 1. The van der Waals surface area contributed by atoms with E-state index in [0.717, 1.165) is 48.6 Å². The zero-order chi connectivity index (χ0) is 20.5. The number of thiophene rings is 1. The van der Waals surface area contributed by atoms with E-state index in [1.165, 1.54) is 20.5 Å². The summed E-state index contributed by atoms with van der Waals surface area (Å²) >= 11 is 1.81. The van der Waals surface area contributed by atoms with Crippen LogP contribution in [0.15, 0.2) is 60.7 Å². The topological polar surface area (TPSA) is 54.4 Å². The largest absolute Gasteiger partial charge is 0.508 e. The van der Waals surface area contributed by atoms with Crippen LogP contribution in [0.25, 0.3) is 31.8 Å². The van der Waals surface area contributed by atoms with E-state index in [-0.39, 0.29) is 11.9 Å². The fourth-order valence-electron chi connectivity index (χ4n) is 4.04. The fourth-order valence-corrected chi connectivity index (χ4v) is 5.24. The lowest BCUT2D eigenvalue weighted by atomic mass is 10.0. The second-order valence-electron chi connectivity index (χ2n) is 7.74. The molecule has 0 aliphatic carbocycles. The third-order valence-corrected chi connectivity index (χ3v) is 6.93. The minimum Gasteiger partial charge on any atom is -0.508 e. The summed E-state index contributed by atoms with van der Waals surface area (Å²) < 4.78 is 7.04. The molecule has 30 heavy (non-hydrogen) atoms. The average Bonchev–Trinajstić information content (AvgIpc) is 3.40. The van der Waals surface area contributed by atoms with Crippen molar-refractivity contribution >= 4 is 27.2 Å². The maximum atomic E-state index is 9.96. The third-order valence-electron chi connectivity index (χ3n) is 5.61. The van der Waals surface area contributed by atoms with Gasteiger partial charge in [-0.15, -0.1) is 11.3 Å². The first-order valence-electron chi connectivity index (χ1n) is 10.3. The predicted octanol–water partition coefficient (Wildman–Crippen LogP) is 6.24. The van der Waals surface area contributed by atoms with Crippen molar-refractivity contribution in [3.05, 3.63) is 66.2 Å². The van der Waals surface area contributed by atoms with Crippen molar-refractivity contribution in [2.45, 2.75) is 25.9 Å². The van der Waals surface area contributed by atoms with Crippen LogP contribution >= 0.6 is 11.3 Å². The van der Waals surface area contributed by atoms with Gasteiger partial charge in [-0.25, -0.2) is 4.98 Å². The Bertz CT molecular complexity index is 1190. The zero-order valence-corrected chi connectivity index (χ0v) is 17.7. The molecule has 1 aliphatic rings. The molecule has 1 unspecified atom stereocenters. The van der Waals surface area contributed by atoms with Gasteiger partial charge in [-0.05, 0) is 66.6 Å². The summed E-state index contributed by atoms with van der Waals surface area (Å²) in [6.07, 6.45) is 2.45. The summed E-state index contributed by atoms with van der Waals surface area (Å²) in [6, 6.07) is 20.0. The van der Waals surface area contributed by atoms with Gasteiger partial charge < -0.3 is 15.2 Å². The van der Waals surface area contributed by atoms with E-state index in [4.69, 9.17) is 9.72 Å². The molecule has 4 aromatic rings. The van der Waals surface area contributed by atoms with E-state index in [0.29, 0.717) is 0 Å². The Hall–Kier alpha value is -2.89. The molecule has 4 nitrogen and oxygen atoms in total. The first-order chi connectivity index (χ1) is 14.7. The van der Waals surface area contributed by atoms with Gasteiger partial charge in [0.15, 0.2) is 0 Å². The van der Waals surface area contributed by atoms with Gasteiger partial charge in [0.1, 0.15) is 11.6 Å². The minimum atomic E-state index is 0.241. The van der Waals surface area contributed by atoms with Crippen LogP contribution in [-0.4, -0.2) is 29.3 Å². The number of anilines is 1. The molecule has 1 saturated heterocycles. The minimum absolute atomic E-state index is 0.241. The summed E-state index contributed by atoms with van der Waals surface area (Å²) in [7, 11) is 0. The van der Waals surface area contributed by atoms with E-state index in [2.05, 4.69) is 48.6 Å². The van der Waals surface area contributed by atoms with Gasteiger partial charge in [-0.1, -0.05) is 30.3 Å². The first-order valence-corrected chi connectivity index (χ1v) is 11.1. The van der Waals surface area contributed by atoms with E-state index in [1.54, 1.807) is 23.5 Å². The van der Waals surface area contributed by atoms with Gasteiger partial charge >= 0.3 is 0 Å². The number of ether oxygens (including phenoxy) is 1. The number of benzene rings is 2. The molecule has 3 heterocycles. The lowest BCUT2D eigenvalue weighted by molar-refractivity contribution is 0.120. The number of hydrogen-bond acceptors (Lipinski definition) is 5. The fraction of sp³-hybridized carbons (Fsp3) is 0.240. The number of nitrogens with one attached hydrogen (secondary N) is 1. The Balaban J connectivity index is 1.58. The molecule has 1 atom stereocenters. The van der Waals surface area contributed by atoms with Crippen LogP contribution in [0.4, 0.5) is 5.82 Å². The van der Waals surface area contributed by atoms with E-state index < -0.39 is 0 Å². The summed E-state index contributed by atoms with van der Waals surface area (Å²) in [5.74, 6) is 1.07. The highest BCUT2D eigenvalue weighted by molar-refractivity contribution is 7.22. The number of pyridine rings is 1. The highest BCUT2D eigenvalue weighted by atomic mass is 32.1. The molecule has 5 rings (SSSR count). The van der Waals surface area contributed by atoms with E-state index in [1.807, 2.05) is 12.1 Å². The Morgan fingerprint density at radius 3 is 2.80 bits per heavy atom. The standard InChI is InChI=1S/C25H24N2O2S/c1-16-21-9-2-3-10-23(21)30-25(16)18-13-22(17-6-4-7-19(28)12-17)27-24(14-18)26-15-20-8-5-11-29-20/h2-4,6-7,9-10,12-14,20,28H,5,8,11,15H2,1H3,(H,26,27). The van der Waals surface area contributed by atoms with Crippen molar-refractivity contribution in [2.75, 3.05) is 18.5 Å². The van der Waals surface area contributed by atoms with Crippen LogP contribution in [0.1, 0.15) is 18.4 Å². The molecule has 0 spiro atoms. The quantitative estimate of drug-likeness (QED) is 0.405. The molecule has 2 aromatic carbocycles. The van der Waals surface area contributed by atoms with Gasteiger partial charge in [0.05, 0.1) is 11.8 Å². The molecule has 1 fully saturated rings. The molecule has 2 aromatic heterocycles. The van der Waals surface area contributed by atoms with Crippen molar-refractivity contribution < 1.29 is 9.84 Å². The van der Waals surface area contributed by atoms with Crippen LogP contribution in [-0.2, 0) is 4.74 Å². The SMILES string of the molecule is Cc1c(-c2cc(NCC3CCCO3)nc(-c3cccc(O)c3)c2)sc2ccccc12. The molecular formula is C25H24N2O2S. The zero-order valence-electron chi connectivity index (χ0n) is 16.9. The Morgan fingerprint density at radius 2 is 2.00 bits per heavy atom. The van der Waals surface area contributed by atoms with E-state index >= 15 is 0 Å². The van der Waals surface area contributed by atoms with Gasteiger partial charge in [-0.2, -0.15) is 0 Å². The van der Waals surface area contributed by atoms with Gasteiger partial charge in [0, 0.05) is 28.3 Å². The number of hydrogen-bond donors (Lipinski definition) is 2. The van der Waals surface area contributed by atoms with Crippen molar-refractivity contribution in [3.63, 3.8) is 0 Å². The number of aryl methyl sites for hydroxylation is 1. The second kappa shape index (κ2) is 8.09. The molecule has 0 radical (unpaired) electrons. The van der Waals surface area contributed by atoms with Gasteiger partial charge in [0.2, 0.25) is 0 Å². The summed E-state index contributed by atoms with van der Waals surface area (Å²) in [5.41, 5.74) is 4.16. The molecular weight excluding hydrogens is 392 g/mol. The normalized spacial score (nSPS) is 16.2. The number of fused-ring (bicyclic) bond motifs is 1. The lowest BCUT2D eigenvalue weighted by Gasteiger charge is -2.14. The molecule has 1 aliphatic heterocycles. The molecule has 0 amide bonds. The average molecular weight is 417 g/mol. The maximum absolute atomic E-state index is 9.96. The van der Waals surface area contributed by atoms with Crippen molar-refractivity contribution in [1.29, 1.82) is 0 Å². The van der Waals surface area contributed by atoms with Crippen molar-refractivity contribution in [2.24, 2.45) is 0 Å². The Morgan fingerprint density at radius 1 is 1.10 bits per heavy atom. The van der Waals surface area contributed by atoms with E-state index in [9.17, 15) is 5.11 Å². The molecule has 0 saturated carbocycles. The van der Waals surface area contributed by atoms with Crippen LogP contribution in [0, 0.1) is 6.92 Å².